The summed E-state index contributed by atoms with van der Waals surface area (Å²) in [5, 5.41) is 12.4. The van der Waals surface area contributed by atoms with Crippen molar-refractivity contribution in [3.63, 3.8) is 0 Å². The third kappa shape index (κ3) is 8.80. The molecule has 3 aliphatic rings. The zero-order valence-electron chi connectivity index (χ0n) is 22.0. The van der Waals surface area contributed by atoms with E-state index in [1.807, 2.05) is 5.92 Å². The summed E-state index contributed by atoms with van der Waals surface area (Å²) < 4.78 is 83.9. The van der Waals surface area contributed by atoms with E-state index >= 15 is 0 Å². The van der Waals surface area contributed by atoms with Gasteiger partial charge in [-0.05, 0) is 91.2 Å². The molecule has 5 rings (SSSR count). The van der Waals surface area contributed by atoms with E-state index < -0.39 is 39.9 Å². The second kappa shape index (κ2) is 13.6. The number of aliphatic hydroxyl groups is 1. The fourth-order valence-corrected chi connectivity index (χ4v) is 3.96. The number of ether oxygens (including phenoxy) is 1. The third-order valence-corrected chi connectivity index (χ3v) is 6.59. The molecule has 0 aromatic heterocycles. The first-order valence-corrected chi connectivity index (χ1v) is 13.9. The summed E-state index contributed by atoms with van der Waals surface area (Å²) in [7, 11) is 0. The molecule has 2 aromatic carbocycles. The van der Waals surface area contributed by atoms with Gasteiger partial charge < -0.3 is 15.6 Å². The van der Waals surface area contributed by atoms with Gasteiger partial charge in [0.1, 0.15) is 0 Å². The molecular formula is C28H20Cl4F6N2O4. The normalized spacial score (nSPS) is 20.1. The Kier molecular flexibility index (Phi) is 10.9. The zero-order valence-corrected chi connectivity index (χ0v) is 25.0. The van der Waals surface area contributed by atoms with Gasteiger partial charge in [0, 0.05) is 38.7 Å². The predicted octanol–water partition coefficient (Wildman–Crippen LogP) is 8.74. The molecule has 6 nitrogen and oxygen atoms in total. The van der Waals surface area contributed by atoms with Crippen LogP contribution in [-0.2, 0) is 15.9 Å². The summed E-state index contributed by atoms with van der Waals surface area (Å²) in [6.45, 7) is 0. The maximum atomic E-state index is 13.6. The molecule has 0 unspecified atom stereocenters. The van der Waals surface area contributed by atoms with Crippen LogP contribution in [0.4, 0.5) is 47.3 Å². The van der Waals surface area contributed by atoms with Crippen molar-refractivity contribution in [2.45, 2.75) is 49.2 Å². The van der Waals surface area contributed by atoms with E-state index in [2.05, 4.69) is 51.0 Å². The summed E-state index contributed by atoms with van der Waals surface area (Å²) in [4.78, 5) is 20.5. The summed E-state index contributed by atoms with van der Waals surface area (Å²) in [5.41, 5.74) is -1.78. The molecule has 4 N–H and O–H groups in total. The summed E-state index contributed by atoms with van der Waals surface area (Å²) >= 11 is 20.2. The highest BCUT2D eigenvalue weighted by Crippen LogP contribution is 2.48. The summed E-state index contributed by atoms with van der Waals surface area (Å²) in [6, 6.07) is 7.37. The van der Waals surface area contributed by atoms with Gasteiger partial charge >= 0.3 is 23.1 Å². The minimum absolute atomic E-state index is 0.00179. The molecule has 16 heteroatoms. The number of fused-ring (bicyclic) bond motifs is 1. The molecule has 1 heterocycles. The van der Waals surface area contributed by atoms with Gasteiger partial charge in [0.15, 0.2) is 0 Å². The Hall–Kier alpha value is -3.00. The number of nitrogen functional groups attached to an aromatic ring is 1. The molecule has 2 saturated carbocycles. The van der Waals surface area contributed by atoms with E-state index in [0.29, 0.717) is 0 Å². The van der Waals surface area contributed by atoms with E-state index in [1.165, 1.54) is 24.3 Å². The Labute approximate surface area is 267 Å². The minimum atomic E-state index is -4.95. The number of hydrogen-bond acceptors (Lipinski definition) is 5. The van der Waals surface area contributed by atoms with Crippen LogP contribution in [0, 0.1) is 35.5 Å². The van der Waals surface area contributed by atoms with Gasteiger partial charge in [-0.25, -0.2) is 4.79 Å². The van der Waals surface area contributed by atoms with Crippen LogP contribution in [0.2, 0.25) is 10.0 Å². The van der Waals surface area contributed by atoms with Crippen molar-refractivity contribution in [3.05, 3.63) is 57.6 Å². The van der Waals surface area contributed by atoms with Crippen LogP contribution in [0.3, 0.4) is 0 Å². The number of carbonyl (C=O) groups is 2. The van der Waals surface area contributed by atoms with Crippen LogP contribution in [0.5, 0.6) is 0 Å². The largest absolute Gasteiger partial charge is 0.445 e. The highest BCUT2D eigenvalue weighted by Gasteiger charge is 2.62. The highest BCUT2D eigenvalue weighted by molar-refractivity contribution is 6.93. The number of halogens is 10. The molecule has 44 heavy (non-hydrogen) atoms. The minimum Gasteiger partial charge on any atom is -0.415 e. The predicted molar refractivity (Wildman–Crippen MR) is 153 cm³/mol. The molecule has 2 atom stereocenters. The molecule has 0 saturated heterocycles. The SMILES string of the molecule is Nc1ccc(Cl)cc1[C@@](O)(C#CC1CC1)C(F)(F)F.O=C(Cl)Cl.O=C1Nc2ccc(Cl)cc2[C@@](C#CC2CC2)(C(F)(F)F)O1. The molecule has 2 aromatic rings. The number of benzene rings is 2. The average Bonchev–Trinajstić information content (AvgIpc) is 3.82. The van der Waals surface area contributed by atoms with Crippen LogP contribution < -0.4 is 11.1 Å². The van der Waals surface area contributed by atoms with Gasteiger partial charge in [-0.3, -0.25) is 10.1 Å². The molecule has 1 aliphatic heterocycles. The Morgan fingerprint density at radius 3 is 2.00 bits per heavy atom. The van der Waals surface area contributed by atoms with Gasteiger partial charge in [0.25, 0.3) is 5.60 Å². The first kappa shape index (κ1) is 35.5. The molecular weight excluding hydrogens is 684 g/mol. The van der Waals surface area contributed by atoms with Gasteiger partial charge in [0.05, 0.1) is 5.69 Å². The van der Waals surface area contributed by atoms with Crippen LogP contribution >= 0.6 is 46.4 Å². The Morgan fingerprint density at radius 1 is 0.955 bits per heavy atom. The van der Waals surface area contributed by atoms with Gasteiger partial charge in [0.2, 0.25) is 5.60 Å². The second-order valence-electron chi connectivity index (χ2n) is 9.64. The Balaban J connectivity index is 0.000000216. The number of amides is 1. The fraction of sp³-hybridized carbons (Fsp3) is 0.357. The maximum absolute atomic E-state index is 13.6. The van der Waals surface area contributed by atoms with Crippen molar-refractivity contribution in [1.82, 2.24) is 0 Å². The van der Waals surface area contributed by atoms with Crippen molar-refractivity contribution < 1.29 is 45.8 Å². The van der Waals surface area contributed by atoms with E-state index in [9.17, 15) is 36.2 Å². The van der Waals surface area contributed by atoms with Gasteiger partial charge in [-0.1, -0.05) is 41.0 Å². The van der Waals surface area contributed by atoms with Gasteiger partial charge in [-0.15, -0.1) is 0 Å². The van der Waals surface area contributed by atoms with Crippen LogP contribution in [-0.4, -0.2) is 28.3 Å². The fourth-order valence-electron chi connectivity index (χ4n) is 3.62. The molecule has 2 aliphatic carbocycles. The molecule has 2 fully saturated rings. The van der Waals surface area contributed by atoms with Crippen molar-refractivity contribution in [2.75, 3.05) is 11.1 Å². The first-order valence-electron chi connectivity index (χ1n) is 12.4. The van der Waals surface area contributed by atoms with E-state index in [-0.39, 0.29) is 38.8 Å². The summed E-state index contributed by atoms with van der Waals surface area (Å²) in [6.07, 6.45) is -7.98. The number of alkyl halides is 6. The number of nitrogens with one attached hydrogen (secondary N) is 1. The monoisotopic (exact) mass is 702 g/mol. The highest BCUT2D eigenvalue weighted by atomic mass is 35.5. The maximum Gasteiger partial charge on any atom is 0.445 e. The van der Waals surface area contributed by atoms with E-state index in [0.717, 1.165) is 37.8 Å². The van der Waals surface area contributed by atoms with Crippen LogP contribution in [0.25, 0.3) is 0 Å². The lowest BCUT2D eigenvalue weighted by atomic mass is 9.90. The number of anilines is 2. The number of rotatable bonds is 1. The lowest BCUT2D eigenvalue weighted by Crippen LogP contribution is -2.49. The lowest BCUT2D eigenvalue weighted by molar-refractivity contribution is -0.240. The topological polar surface area (TPSA) is 102 Å². The van der Waals surface area contributed by atoms with Crippen LogP contribution in [0.15, 0.2) is 36.4 Å². The molecule has 1 amide bonds. The smallest absolute Gasteiger partial charge is 0.415 e. The lowest BCUT2D eigenvalue weighted by Gasteiger charge is -2.35. The summed E-state index contributed by atoms with van der Waals surface area (Å²) in [5.74, 6) is 8.88. The Bertz CT molecular complexity index is 1550. The van der Waals surface area contributed by atoms with E-state index in [1.54, 1.807) is 0 Å². The Morgan fingerprint density at radius 2 is 1.48 bits per heavy atom. The molecule has 0 bridgehead atoms. The molecule has 0 spiro atoms. The average molecular weight is 704 g/mol. The van der Waals surface area contributed by atoms with Crippen LogP contribution in [0.1, 0.15) is 36.8 Å². The molecule has 0 radical (unpaired) electrons. The number of nitrogens with two attached hydrogens (primary N) is 1. The van der Waals surface area contributed by atoms with Crippen molar-refractivity contribution >= 4 is 68.6 Å². The van der Waals surface area contributed by atoms with Crippen molar-refractivity contribution in [3.8, 4) is 23.7 Å². The zero-order chi connectivity index (χ0) is 33.1. The van der Waals surface area contributed by atoms with Crippen molar-refractivity contribution in [2.24, 2.45) is 11.8 Å². The quantitative estimate of drug-likeness (QED) is 0.119. The molecule has 236 valence electrons. The van der Waals surface area contributed by atoms with Crippen molar-refractivity contribution in [1.29, 1.82) is 0 Å². The standard InChI is InChI=1S/C14H9ClF3NO2.C13H11ClF3NO.CCl2O/c15-9-3-4-11-10(7-9)13(14(16,17)18,21-12(20)19-11)6-5-8-1-2-8;14-9-3-4-11(18)10(7-9)12(19,13(15,16)17)6-5-8-1-2-8;2-1(3)4/h3-4,7-8H,1-2H2,(H,19,20);3-4,7-8,19H,1-2,18H2;/t13-;12-;/m00./s1. The number of cyclic esters (lactones) is 1. The number of carbonyl (C=O) groups excluding carboxylic acids is 2. The third-order valence-electron chi connectivity index (χ3n) is 6.12. The van der Waals surface area contributed by atoms with Gasteiger partial charge in [-0.2, -0.15) is 26.3 Å². The second-order valence-corrected chi connectivity index (χ2v) is 11.4. The number of hydrogen-bond donors (Lipinski definition) is 3. The first-order chi connectivity index (χ1) is 20.3. The van der Waals surface area contributed by atoms with E-state index in [4.69, 9.17) is 33.7 Å².